The molecule has 1 aliphatic carbocycles. The summed E-state index contributed by atoms with van der Waals surface area (Å²) in [5.41, 5.74) is 4.23. The van der Waals surface area contributed by atoms with Crippen LogP contribution >= 0.6 is 0 Å². The minimum atomic E-state index is -2.58. The molecule has 35 heavy (non-hydrogen) atoms. The topological polar surface area (TPSA) is 85.0 Å². The van der Waals surface area contributed by atoms with Crippen molar-refractivity contribution >= 4 is 11.5 Å². The summed E-state index contributed by atoms with van der Waals surface area (Å²) in [7, 11) is 1.83. The molecule has 4 heterocycles. The number of nitrogens with one attached hydrogen (secondary N) is 2. The van der Waals surface area contributed by atoms with E-state index < -0.39 is 5.92 Å². The van der Waals surface area contributed by atoms with E-state index >= 15 is 0 Å². The summed E-state index contributed by atoms with van der Waals surface area (Å²) in [4.78, 5) is 8.90. The molecule has 1 unspecified atom stereocenters. The molecular formula is C25H34F2N8. The smallest absolute Gasteiger partial charge is 0.250 e. The van der Waals surface area contributed by atoms with Gasteiger partial charge in [0.25, 0.3) is 5.78 Å². The first-order valence-electron chi connectivity index (χ1n) is 12.1. The van der Waals surface area contributed by atoms with E-state index in [0.717, 1.165) is 23.6 Å². The fourth-order valence-corrected chi connectivity index (χ4v) is 4.61. The van der Waals surface area contributed by atoms with Gasteiger partial charge in [0.1, 0.15) is 0 Å². The van der Waals surface area contributed by atoms with Gasteiger partial charge in [0.15, 0.2) is 0 Å². The van der Waals surface area contributed by atoms with Gasteiger partial charge >= 0.3 is 0 Å². The highest BCUT2D eigenvalue weighted by Gasteiger charge is 2.39. The molecule has 8 nitrogen and oxygen atoms in total. The predicted octanol–water partition coefficient (Wildman–Crippen LogP) is 4.57. The Labute approximate surface area is 204 Å². The van der Waals surface area contributed by atoms with Crippen molar-refractivity contribution in [1.29, 1.82) is 0 Å². The maximum atomic E-state index is 13.7. The minimum Gasteiger partial charge on any atom is -0.389 e. The molecule has 2 N–H and O–H groups in total. The van der Waals surface area contributed by atoms with Crippen LogP contribution in [0, 0.1) is 12.8 Å². The van der Waals surface area contributed by atoms with Gasteiger partial charge in [0.2, 0.25) is 5.92 Å². The molecule has 1 saturated heterocycles. The van der Waals surface area contributed by atoms with Crippen molar-refractivity contribution in [1.82, 2.24) is 40.0 Å². The van der Waals surface area contributed by atoms with Crippen molar-refractivity contribution in [3.63, 3.8) is 0 Å². The third-order valence-electron chi connectivity index (χ3n) is 6.61. The summed E-state index contributed by atoms with van der Waals surface area (Å²) >= 11 is 0. The number of rotatable bonds is 5. The molecule has 2 fully saturated rings. The Bertz CT molecular complexity index is 1160. The summed E-state index contributed by atoms with van der Waals surface area (Å²) in [6.45, 7) is 10.9. The molecule has 0 bridgehead atoms. The Balaban J connectivity index is 0.000000356. The third-order valence-corrected chi connectivity index (χ3v) is 6.61. The predicted molar refractivity (Wildman–Crippen MR) is 132 cm³/mol. The van der Waals surface area contributed by atoms with Gasteiger partial charge in [-0.25, -0.2) is 23.3 Å². The zero-order valence-corrected chi connectivity index (χ0v) is 20.5. The number of hydrogen-bond donors (Lipinski definition) is 2. The lowest BCUT2D eigenvalue weighted by atomic mass is 9.81. The van der Waals surface area contributed by atoms with Crippen molar-refractivity contribution in [2.24, 2.45) is 13.0 Å². The second-order valence-electron chi connectivity index (χ2n) is 9.43. The molecule has 0 spiro atoms. The van der Waals surface area contributed by atoms with Crippen LogP contribution < -0.4 is 10.6 Å². The molecule has 188 valence electrons. The standard InChI is InChI=1S/C19H23F2N7.C6H11N/c1-12-10-22-18-25-15(11-28(18)26-12)17(14-4-7-19(20,21)8-5-14)24-13(2)16-6-9-23-27(16)3;1-6-4-2-3-5-7-6/h6,9-11,14,17,24H,2,4-5,7-8H2,1,3H3;7H,1-5H2. The second-order valence-corrected chi connectivity index (χ2v) is 9.43. The average molecular weight is 485 g/mol. The van der Waals surface area contributed by atoms with Crippen molar-refractivity contribution in [2.45, 2.75) is 63.8 Å². The van der Waals surface area contributed by atoms with E-state index in [0.29, 0.717) is 24.3 Å². The highest BCUT2D eigenvalue weighted by molar-refractivity contribution is 5.58. The molecule has 0 aromatic carbocycles. The van der Waals surface area contributed by atoms with E-state index in [1.165, 1.54) is 25.0 Å². The lowest BCUT2D eigenvalue weighted by Gasteiger charge is -2.34. The number of nitrogens with zero attached hydrogens (tertiary/aromatic N) is 6. The summed E-state index contributed by atoms with van der Waals surface area (Å²) < 4.78 is 30.8. The van der Waals surface area contributed by atoms with E-state index in [2.05, 4.69) is 44.0 Å². The second kappa shape index (κ2) is 10.5. The lowest BCUT2D eigenvalue weighted by molar-refractivity contribution is -0.0493. The minimum absolute atomic E-state index is 0.00983. The molecule has 3 aromatic rings. The Kier molecular flexibility index (Phi) is 7.47. The normalized spacial score (nSPS) is 18.9. The van der Waals surface area contributed by atoms with Crippen LogP contribution in [0.1, 0.15) is 68.1 Å². The van der Waals surface area contributed by atoms with Gasteiger partial charge in [-0.1, -0.05) is 13.2 Å². The van der Waals surface area contributed by atoms with Crippen LogP contribution in [0.4, 0.5) is 8.78 Å². The summed E-state index contributed by atoms with van der Waals surface area (Å²) in [6, 6.07) is 1.60. The van der Waals surface area contributed by atoms with Crippen LogP contribution in [-0.4, -0.2) is 41.8 Å². The van der Waals surface area contributed by atoms with Gasteiger partial charge in [-0.3, -0.25) is 4.68 Å². The van der Waals surface area contributed by atoms with Gasteiger partial charge in [-0.2, -0.15) is 10.2 Å². The van der Waals surface area contributed by atoms with Crippen molar-refractivity contribution < 1.29 is 8.78 Å². The molecule has 1 atom stereocenters. The SMILES string of the molecule is C=C(NC(c1cn2nc(C)cnc2n1)C1CCC(F)(F)CC1)c1ccnn1C.C=C1CCCCN1. The van der Waals surface area contributed by atoms with Crippen LogP contribution in [0.5, 0.6) is 0 Å². The molecule has 5 rings (SSSR count). The number of allylic oxidation sites excluding steroid dienone is 1. The molecule has 3 aromatic heterocycles. The first-order chi connectivity index (χ1) is 16.7. The number of halogens is 2. The maximum Gasteiger partial charge on any atom is 0.250 e. The monoisotopic (exact) mass is 484 g/mol. The molecule has 1 aliphatic heterocycles. The lowest BCUT2D eigenvalue weighted by Crippen LogP contribution is -2.34. The van der Waals surface area contributed by atoms with E-state index in [-0.39, 0.29) is 24.8 Å². The molecule has 0 radical (unpaired) electrons. The highest BCUT2D eigenvalue weighted by Crippen LogP contribution is 2.41. The Morgan fingerprint density at radius 1 is 1.29 bits per heavy atom. The van der Waals surface area contributed by atoms with Crippen LogP contribution in [0.2, 0.25) is 0 Å². The highest BCUT2D eigenvalue weighted by atomic mass is 19.3. The Hall–Kier alpha value is -3.30. The van der Waals surface area contributed by atoms with Crippen molar-refractivity contribution in [2.75, 3.05) is 6.54 Å². The number of piperidine rings is 1. The molecular weight excluding hydrogens is 450 g/mol. The number of aromatic nitrogens is 6. The zero-order chi connectivity index (χ0) is 25.0. The van der Waals surface area contributed by atoms with Gasteiger partial charge in [0, 0.05) is 38.3 Å². The van der Waals surface area contributed by atoms with E-state index in [9.17, 15) is 8.78 Å². The number of fused-ring (bicyclic) bond motifs is 1. The van der Waals surface area contributed by atoms with E-state index in [1.54, 1.807) is 21.6 Å². The van der Waals surface area contributed by atoms with Gasteiger partial charge < -0.3 is 10.6 Å². The summed E-state index contributed by atoms with van der Waals surface area (Å²) in [6.07, 6.45) is 9.59. The summed E-state index contributed by atoms with van der Waals surface area (Å²) in [5, 5.41) is 15.2. The fourth-order valence-electron chi connectivity index (χ4n) is 4.61. The fraction of sp³-hybridized carbons (Fsp3) is 0.520. The number of alkyl halides is 2. The Morgan fingerprint density at radius 2 is 2.06 bits per heavy atom. The number of imidazole rings is 1. The van der Waals surface area contributed by atoms with E-state index in [4.69, 9.17) is 0 Å². The maximum absolute atomic E-state index is 13.7. The zero-order valence-electron chi connectivity index (χ0n) is 20.5. The van der Waals surface area contributed by atoms with E-state index in [1.807, 2.05) is 26.2 Å². The molecule has 1 saturated carbocycles. The first-order valence-corrected chi connectivity index (χ1v) is 12.1. The number of hydrogen-bond acceptors (Lipinski definition) is 6. The van der Waals surface area contributed by atoms with Gasteiger partial charge in [-0.15, -0.1) is 0 Å². The Morgan fingerprint density at radius 3 is 2.66 bits per heavy atom. The first kappa shape index (κ1) is 24.8. The molecule has 0 amide bonds. The van der Waals surface area contributed by atoms with Gasteiger partial charge in [0.05, 0.1) is 41.2 Å². The van der Waals surface area contributed by atoms with Crippen LogP contribution in [0.25, 0.3) is 11.5 Å². The average Bonchev–Trinajstić information content (AvgIpc) is 3.44. The number of aryl methyl sites for hydroxylation is 2. The van der Waals surface area contributed by atoms with Crippen LogP contribution in [-0.2, 0) is 7.05 Å². The van der Waals surface area contributed by atoms with Crippen molar-refractivity contribution in [3.05, 3.63) is 60.6 Å². The third kappa shape index (κ3) is 6.23. The largest absolute Gasteiger partial charge is 0.389 e. The quantitative estimate of drug-likeness (QED) is 0.552. The van der Waals surface area contributed by atoms with Gasteiger partial charge in [-0.05, 0) is 51.0 Å². The molecule has 2 aliphatic rings. The van der Waals surface area contributed by atoms with Crippen LogP contribution in [0.15, 0.2) is 43.5 Å². The molecule has 10 heteroatoms. The van der Waals surface area contributed by atoms with Crippen molar-refractivity contribution in [3.8, 4) is 0 Å². The summed E-state index contributed by atoms with van der Waals surface area (Å²) in [5.74, 6) is -2.09. The van der Waals surface area contributed by atoms with Crippen LogP contribution in [0.3, 0.4) is 0 Å².